The zero-order valence-electron chi connectivity index (χ0n) is 14.3. The van der Waals surface area contributed by atoms with E-state index in [9.17, 15) is 4.79 Å². The summed E-state index contributed by atoms with van der Waals surface area (Å²) in [5.41, 5.74) is 2.91. The van der Waals surface area contributed by atoms with E-state index < -0.39 is 0 Å². The van der Waals surface area contributed by atoms with Gasteiger partial charge >= 0.3 is 0 Å². The van der Waals surface area contributed by atoms with Crippen LogP contribution in [0.1, 0.15) is 24.0 Å². The number of aryl methyl sites for hydroxylation is 1. The molecule has 1 N–H and O–H groups in total. The van der Waals surface area contributed by atoms with Crippen molar-refractivity contribution in [1.29, 1.82) is 0 Å². The summed E-state index contributed by atoms with van der Waals surface area (Å²) in [5, 5.41) is 4.45. The van der Waals surface area contributed by atoms with Crippen LogP contribution in [0.3, 0.4) is 0 Å². The summed E-state index contributed by atoms with van der Waals surface area (Å²) >= 11 is 12.3. The number of amides is 1. The van der Waals surface area contributed by atoms with Crippen LogP contribution in [0.5, 0.6) is 0 Å². The predicted octanol–water partition coefficient (Wildman–Crippen LogP) is 5.15. The Hall–Kier alpha value is -1.55. The average molecular weight is 377 g/mol. The molecule has 0 saturated carbocycles. The highest BCUT2D eigenvalue weighted by Gasteiger charge is 2.26. The monoisotopic (exact) mass is 376 g/mol. The first-order valence-electron chi connectivity index (χ1n) is 8.55. The summed E-state index contributed by atoms with van der Waals surface area (Å²) in [4.78, 5) is 15.0. The molecule has 1 unspecified atom stereocenters. The minimum atomic E-state index is -0.0189. The number of anilines is 1. The molecule has 2 aromatic carbocycles. The lowest BCUT2D eigenvalue weighted by Crippen LogP contribution is -2.40. The molecule has 0 bridgehead atoms. The lowest BCUT2D eigenvalue weighted by atomic mass is 9.96. The van der Waals surface area contributed by atoms with E-state index in [0.29, 0.717) is 5.02 Å². The molecule has 0 spiro atoms. The van der Waals surface area contributed by atoms with Gasteiger partial charge in [0.2, 0.25) is 5.91 Å². The number of rotatable bonds is 4. The third kappa shape index (κ3) is 4.75. The molecule has 0 aliphatic carbocycles. The molecular weight excluding hydrogens is 355 g/mol. The Morgan fingerprint density at radius 3 is 2.84 bits per heavy atom. The molecule has 132 valence electrons. The molecular formula is C20H22Cl2N2O. The summed E-state index contributed by atoms with van der Waals surface area (Å²) in [5.74, 6) is 0.0452. The Kier molecular flexibility index (Phi) is 6.00. The largest absolute Gasteiger partial charge is 0.326 e. The third-order valence-corrected chi connectivity index (χ3v) is 5.29. The first-order chi connectivity index (χ1) is 12.0. The fourth-order valence-electron chi connectivity index (χ4n) is 3.24. The average Bonchev–Trinajstić information content (AvgIpc) is 2.60. The van der Waals surface area contributed by atoms with Gasteiger partial charge in [-0.15, -0.1) is 0 Å². The second kappa shape index (κ2) is 8.22. The topological polar surface area (TPSA) is 32.3 Å². The molecule has 2 aromatic rings. The molecule has 1 heterocycles. The number of nitrogens with one attached hydrogen (secondary N) is 1. The highest BCUT2D eigenvalue weighted by atomic mass is 35.5. The second-order valence-electron chi connectivity index (χ2n) is 6.61. The van der Waals surface area contributed by atoms with E-state index in [1.165, 1.54) is 0 Å². The van der Waals surface area contributed by atoms with Gasteiger partial charge in [-0.2, -0.15) is 0 Å². The van der Waals surface area contributed by atoms with Crippen LogP contribution in [-0.4, -0.2) is 23.9 Å². The lowest BCUT2D eigenvalue weighted by molar-refractivity contribution is -0.121. The van der Waals surface area contributed by atoms with Gasteiger partial charge in [-0.3, -0.25) is 9.69 Å². The number of hydrogen-bond donors (Lipinski definition) is 1. The van der Waals surface area contributed by atoms with Crippen molar-refractivity contribution >= 4 is 34.8 Å². The number of halogens is 2. The van der Waals surface area contributed by atoms with E-state index >= 15 is 0 Å². The van der Waals surface area contributed by atoms with Crippen LogP contribution in [0.15, 0.2) is 42.5 Å². The number of nitrogens with zero attached hydrogens (tertiary/aromatic N) is 1. The van der Waals surface area contributed by atoms with E-state index in [2.05, 4.69) is 10.2 Å². The number of likely N-dealkylation sites (tertiary alicyclic amines) is 1. The van der Waals surface area contributed by atoms with Crippen LogP contribution in [-0.2, 0) is 11.3 Å². The number of hydrogen-bond acceptors (Lipinski definition) is 2. The van der Waals surface area contributed by atoms with Crippen LogP contribution in [0, 0.1) is 12.8 Å². The highest BCUT2D eigenvalue weighted by molar-refractivity contribution is 6.31. The SMILES string of the molecule is Cc1ccc(Cl)cc1NC(=O)C1CCCN(Cc2ccccc2Cl)C1. The van der Waals surface area contributed by atoms with E-state index in [0.717, 1.165) is 54.3 Å². The van der Waals surface area contributed by atoms with E-state index in [-0.39, 0.29) is 11.8 Å². The van der Waals surface area contributed by atoms with Crippen molar-refractivity contribution in [3.63, 3.8) is 0 Å². The van der Waals surface area contributed by atoms with Crippen molar-refractivity contribution in [3.05, 3.63) is 63.6 Å². The fourth-order valence-corrected chi connectivity index (χ4v) is 3.61. The summed E-state index contributed by atoms with van der Waals surface area (Å²) in [6.07, 6.45) is 1.92. The quantitative estimate of drug-likeness (QED) is 0.799. The molecule has 5 heteroatoms. The van der Waals surface area contributed by atoms with Crippen molar-refractivity contribution < 1.29 is 4.79 Å². The molecule has 0 radical (unpaired) electrons. The highest BCUT2D eigenvalue weighted by Crippen LogP contribution is 2.25. The van der Waals surface area contributed by atoms with Crippen LogP contribution in [0.25, 0.3) is 0 Å². The maximum Gasteiger partial charge on any atom is 0.228 e. The van der Waals surface area contributed by atoms with Gasteiger partial charge in [0.05, 0.1) is 5.92 Å². The Morgan fingerprint density at radius 2 is 2.04 bits per heavy atom. The third-order valence-electron chi connectivity index (χ3n) is 4.69. The van der Waals surface area contributed by atoms with Gasteiger partial charge in [-0.1, -0.05) is 47.5 Å². The summed E-state index contributed by atoms with van der Waals surface area (Å²) in [6.45, 7) is 4.48. The van der Waals surface area contributed by atoms with Crippen LogP contribution in [0.2, 0.25) is 10.0 Å². The number of benzene rings is 2. The summed E-state index contributed by atoms with van der Waals surface area (Å²) in [6, 6.07) is 13.4. The Morgan fingerprint density at radius 1 is 1.24 bits per heavy atom. The van der Waals surface area contributed by atoms with Crippen molar-refractivity contribution in [3.8, 4) is 0 Å². The molecule has 1 aliphatic rings. The van der Waals surface area contributed by atoms with E-state index in [1.54, 1.807) is 6.07 Å². The molecule has 3 nitrogen and oxygen atoms in total. The van der Waals surface area contributed by atoms with Crippen molar-refractivity contribution in [2.45, 2.75) is 26.3 Å². The van der Waals surface area contributed by atoms with Gasteiger partial charge in [-0.25, -0.2) is 0 Å². The molecule has 1 saturated heterocycles. The van der Waals surface area contributed by atoms with Gasteiger partial charge < -0.3 is 5.32 Å². The van der Waals surface area contributed by atoms with E-state index in [1.807, 2.05) is 43.3 Å². The lowest BCUT2D eigenvalue weighted by Gasteiger charge is -2.32. The van der Waals surface area contributed by atoms with Gasteiger partial charge in [0, 0.05) is 28.8 Å². The molecule has 1 atom stereocenters. The van der Waals surface area contributed by atoms with Gasteiger partial charge in [0.15, 0.2) is 0 Å². The Balaban J connectivity index is 1.63. The van der Waals surface area contributed by atoms with Crippen molar-refractivity contribution in [2.24, 2.45) is 5.92 Å². The molecule has 3 rings (SSSR count). The normalized spacial score (nSPS) is 18.1. The van der Waals surface area contributed by atoms with Crippen molar-refractivity contribution in [1.82, 2.24) is 4.90 Å². The Bertz CT molecular complexity index is 763. The molecule has 1 aliphatic heterocycles. The zero-order chi connectivity index (χ0) is 17.8. The molecule has 1 amide bonds. The summed E-state index contributed by atoms with van der Waals surface area (Å²) < 4.78 is 0. The minimum absolute atomic E-state index is 0.0189. The maximum absolute atomic E-state index is 12.7. The van der Waals surface area contributed by atoms with Crippen LogP contribution >= 0.6 is 23.2 Å². The van der Waals surface area contributed by atoms with E-state index in [4.69, 9.17) is 23.2 Å². The molecule has 1 fully saturated rings. The Labute approximate surface area is 158 Å². The fraction of sp³-hybridized carbons (Fsp3) is 0.350. The maximum atomic E-state index is 12.7. The van der Waals surface area contributed by atoms with Gasteiger partial charge in [0.25, 0.3) is 0 Å². The number of piperidine rings is 1. The second-order valence-corrected chi connectivity index (χ2v) is 7.46. The number of carbonyl (C=O) groups excluding carboxylic acids is 1. The predicted molar refractivity (Wildman–Crippen MR) is 104 cm³/mol. The first kappa shape index (κ1) is 18.2. The smallest absolute Gasteiger partial charge is 0.228 e. The minimum Gasteiger partial charge on any atom is -0.326 e. The van der Waals surface area contributed by atoms with Crippen molar-refractivity contribution in [2.75, 3.05) is 18.4 Å². The van der Waals surface area contributed by atoms with Gasteiger partial charge in [0.1, 0.15) is 0 Å². The molecule has 25 heavy (non-hydrogen) atoms. The summed E-state index contributed by atoms with van der Waals surface area (Å²) in [7, 11) is 0. The zero-order valence-corrected chi connectivity index (χ0v) is 15.8. The van der Waals surface area contributed by atoms with Crippen LogP contribution < -0.4 is 5.32 Å². The van der Waals surface area contributed by atoms with Crippen LogP contribution in [0.4, 0.5) is 5.69 Å². The van der Waals surface area contributed by atoms with Gasteiger partial charge in [-0.05, 0) is 55.6 Å². The molecule has 0 aromatic heterocycles. The first-order valence-corrected chi connectivity index (χ1v) is 9.31. The number of carbonyl (C=O) groups is 1. The standard InChI is InChI=1S/C20H22Cl2N2O/c1-14-8-9-17(21)11-19(14)23-20(25)16-6-4-10-24(13-16)12-15-5-2-3-7-18(15)22/h2-3,5,7-9,11,16H,4,6,10,12-13H2,1H3,(H,23,25).